The van der Waals surface area contributed by atoms with Crippen LogP contribution in [0.5, 0.6) is 0 Å². The van der Waals surface area contributed by atoms with Gasteiger partial charge in [-0.25, -0.2) is 4.79 Å². The Bertz CT molecular complexity index is 524. The lowest BCUT2D eigenvalue weighted by atomic mass is 10.2. The number of aromatic nitrogens is 2. The standard InChI is InChI=1S/C10H14N2O4/c1-5-4-12(10(15)11-9(5)14)8-3-7(13)6(2)16-8/h4,6-8,13H,3H2,1-2H3,(H,11,14,15)/t6-,7-,8-/m1/s1/i2D. The Balaban J connectivity index is 2.34. The second-order valence-electron chi connectivity index (χ2n) is 3.91. The Hall–Kier alpha value is -1.40. The minimum absolute atomic E-state index is 0.0608. The van der Waals surface area contributed by atoms with E-state index in [0.717, 1.165) is 0 Å². The minimum Gasteiger partial charge on any atom is -0.390 e. The van der Waals surface area contributed by atoms with Gasteiger partial charge in [-0.1, -0.05) is 0 Å². The molecule has 0 radical (unpaired) electrons. The summed E-state index contributed by atoms with van der Waals surface area (Å²) < 4.78 is 13.8. The van der Waals surface area contributed by atoms with Crippen molar-refractivity contribution in [1.82, 2.24) is 9.55 Å². The van der Waals surface area contributed by atoms with E-state index in [9.17, 15) is 14.7 Å². The van der Waals surface area contributed by atoms with E-state index in [0.29, 0.717) is 5.56 Å². The van der Waals surface area contributed by atoms with Crippen LogP contribution in [-0.2, 0) is 4.74 Å². The number of H-pyrrole nitrogens is 1. The Labute approximate surface area is 92.9 Å². The van der Waals surface area contributed by atoms with Crippen LogP contribution < -0.4 is 11.2 Å². The third-order valence-electron chi connectivity index (χ3n) is 2.66. The van der Waals surface area contributed by atoms with E-state index in [1.807, 2.05) is 0 Å². The van der Waals surface area contributed by atoms with Crippen LogP contribution in [0.4, 0.5) is 0 Å². The minimum atomic E-state index is -0.753. The molecule has 2 heterocycles. The van der Waals surface area contributed by atoms with Crippen molar-refractivity contribution < 1.29 is 11.2 Å². The number of rotatable bonds is 1. The van der Waals surface area contributed by atoms with E-state index in [2.05, 4.69) is 4.98 Å². The first-order valence-electron chi connectivity index (χ1n) is 5.68. The predicted molar refractivity (Wildman–Crippen MR) is 56.3 cm³/mol. The van der Waals surface area contributed by atoms with Crippen LogP contribution in [0.2, 0.25) is 0 Å². The van der Waals surface area contributed by atoms with Crippen LogP contribution >= 0.6 is 0 Å². The molecule has 6 heteroatoms. The summed E-state index contributed by atoms with van der Waals surface area (Å²) >= 11 is 0. The van der Waals surface area contributed by atoms with E-state index in [1.165, 1.54) is 10.8 Å². The quantitative estimate of drug-likeness (QED) is 0.678. The van der Waals surface area contributed by atoms with Crippen molar-refractivity contribution in [3.63, 3.8) is 0 Å². The highest BCUT2D eigenvalue weighted by Crippen LogP contribution is 2.26. The molecule has 1 aromatic rings. The highest BCUT2D eigenvalue weighted by molar-refractivity contribution is 5.01. The van der Waals surface area contributed by atoms with Crippen LogP contribution in [-0.4, -0.2) is 26.9 Å². The van der Waals surface area contributed by atoms with Crippen LogP contribution in [0.25, 0.3) is 0 Å². The van der Waals surface area contributed by atoms with E-state index in [-0.39, 0.29) is 13.3 Å². The summed E-state index contributed by atoms with van der Waals surface area (Å²) in [5, 5.41) is 9.60. The fraction of sp³-hybridized carbons (Fsp3) is 0.600. The van der Waals surface area contributed by atoms with E-state index in [4.69, 9.17) is 6.11 Å². The van der Waals surface area contributed by atoms with Gasteiger partial charge in [-0.3, -0.25) is 14.3 Å². The molecule has 1 aliphatic rings. The van der Waals surface area contributed by atoms with Gasteiger partial charge in [0, 0.05) is 19.6 Å². The van der Waals surface area contributed by atoms with E-state index < -0.39 is 29.7 Å². The first-order chi connectivity index (χ1) is 8.02. The molecule has 3 atom stereocenters. The number of aromatic amines is 1. The summed E-state index contributed by atoms with van der Waals surface area (Å²) in [7, 11) is 0. The molecule has 0 saturated carbocycles. The zero-order valence-corrected chi connectivity index (χ0v) is 8.84. The zero-order valence-electron chi connectivity index (χ0n) is 9.84. The Morgan fingerprint density at radius 3 is 3.06 bits per heavy atom. The van der Waals surface area contributed by atoms with Gasteiger partial charge < -0.3 is 9.84 Å². The monoisotopic (exact) mass is 227 g/mol. The highest BCUT2D eigenvalue weighted by atomic mass is 16.5. The summed E-state index contributed by atoms with van der Waals surface area (Å²) in [4.78, 5) is 25.0. The number of aryl methyl sites for hydroxylation is 1. The number of hydrogen-bond acceptors (Lipinski definition) is 4. The summed E-state index contributed by atoms with van der Waals surface area (Å²) in [5.74, 6) is 0. The third kappa shape index (κ3) is 1.81. The topological polar surface area (TPSA) is 84.3 Å². The van der Waals surface area contributed by atoms with Crippen molar-refractivity contribution in [2.24, 2.45) is 0 Å². The average molecular weight is 227 g/mol. The molecule has 0 unspecified atom stereocenters. The summed E-state index contributed by atoms with van der Waals surface area (Å²) in [6.07, 6.45) is -0.307. The molecule has 6 nitrogen and oxygen atoms in total. The number of hydrogen-bond donors (Lipinski definition) is 2. The fourth-order valence-electron chi connectivity index (χ4n) is 1.69. The lowest BCUT2D eigenvalue weighted by Gasteiger charge is -2.13. The highest BCUT2D eigenvalue weighted by Gasteiger charge is 2.32. The molecule has 0 aromatic carbocycles. The summed E-state index contributed by atoms with van der Waals surface area (Å²) in [5.41, 5.74) is -0.595. The van der Waals surface area contributed by atoms with Crippen molar-refractivity contribution in [3.05, 3.63) is 32.6 Å². The Morgan fingerprint density at radius 2 is 2.44 bits per heavy atom. The maximum Gasteiger partial charge on any atom is 0.330 e. The largest absolute Gasteiger partial charge is 0.390 e. The molecule has 0 spiro atoms. The maximum atomic E-state index is 11.6. The molecule has 1 aliphatic heterocycles. The van der Waals surface area contributed by atoms with E-state index in [1.54, 1.807) is 6.92 Å². The molecular weight excluding hydrogens is 212 g/mol. The van der Waals surface area contributed by atoms with Gasteiger partial charge in [0.15, 0.2) is 0 Å². The van der Waals surface area contributed by atoms with Crippen molar-refractivity contribution in [3.8, 4) is 0 Å². The van der Waals surface area contributed by atoms with Crippen molar-refractivity contribution >= 4 is 0 Å². The normalized spacial score (nSPS) is 30.4. The molecule has 1 saturated heterocycles. The van der Waals surface area contributed by atoms with Gasteiger partial charge >= 0.3 is 5.69 Å². The molecule has 88 valence electrons. The number of aliphatic hydroxyl groups excluding tert-OH is 1. The second kappa shape index (κ2) is 3.88. The summed E-state index contributed by atoms with van der Waals surface area (Å²) in [6.45, 7) is 1.52. The van der Waals surface area contributed by atoms with Crippen LogP contribution in [0, 0.1) is 6.92 Å². The molecule has 0 bridgehead atoms. The lowest BCUT2D eigenvalue weighted by molar-refractivity contribution is -0.0102. The molecule has 1 aromatic heterocycles. The molecule has 0 aliphatic carbocycles. The number of aliphatic hydroxyl groups is 1. The van der Waals surface area contributed by atoms with Gasteiger partial charge in [0.2, 0.25) is 0 Å². The van der Waals surface area contributed by atoms with Gasteiger partial charge in [-0.05, 0) is 13.8 Å². The van der Waals surface area contributed by atoms with Crippen LogP contribution in [0.3, 0.4) is 0 Å². The molecule has 16 heavy (non-hydrogen) atoms. The van der Waals surface area contributed by atoms with Crippen molar-refractivity contribution in [1.29, 1.82) is 0 Å². The molecular formula is C10H14N2O4. The van der Waals surface area contributed by atoms with Crippen LogP contribution in [0.15, 0.2) is 15.8 Å². The van der Waals surface area contributed by atoms with Crippen molar-refractivity contribution in [2.75, 3.05) is 0 Å². The molecule has 1 fully saturated rings. The average Bonchev–Trinajstić information content (AvgIpc) is 2.65. The molecule has 0 amide bonds. The van der Waals surface area contributed by atoms with Gasteiger partial charge in [0.1, 0.15) is 6.23 Å². The Kier molecular flexibility index (Phi) is 2.37. The predicted octanol–water partition coefficient (Wildman–Crippen LogP) is -0.487. The lowest BCUT2D eigenvalue weighted by Crippen LogP contribution is -2.33. The van der Waals surface area contributed by atoms with Gasteiger partial charge in [0.25, 0.3) is 5.56 Å². The summed E-state index contributed by atoms with van der Waals surface area (Å²) in [6, 6.07) is 0. The first kappa shape index (κ1) is 9.80. The van der Waals surface area contributed by atoms with Crippen molar-refractivity contribution in [2.45, 2.75) is 38.7 Å². The smallest absolute Gasteiger partial charge is 0.330 e. The SMILES string of the molecule is [2H]C[C@H]1O[C@@H](n2cc(C)c(=O)[nH]c2=O)C[C@H]1O. The maximum absolute atomic E-state index is 11.6. The van der Waals surface area contributed by atoms with Crippen LogP contribution in [0.1, 0.15) is 26.5 Å². The third-order valence-corrected chi connectivity index (χ3v) is 2.66. The Morgan fingerprint density at radius 1 is 1.69 bits per heavy atom. The number of nitrogens with zero attached hydrogens (tertiary/aromatic N) is 1. The first-order valence-corrected chi connectivity index (χ1v) is 4.97. The number of nitrogens with one attached hydrogen (secondary N) is 1. The zero-order chi connectivity index (χ0) is 12.6. The fourth-order valence-corrected chi connectivity index (χ4v) is 1.69. The number of ether oxygens (including phenoxy) is 1. The van der Waals surface area contributed by atoms with E-state index >= 15 is 0 Å². The molecule has 2 rings (SSSR count). The van der Waals surface area contributed by atoms with Gasteiger partial charge in [0.05, 0.1) is 12.2 Å². The van der Waals surface area contributed by atoms with Gasteiger partial charge in [-0.15, -0.1) is 0 Å². The van der Waals surface area contributed by atoms with Gasteiger partial charge in [-0.2, -0.15) is 0 Å². The molecule has 2 N–H and O–H groups in total. The second-order valence-corrected chi connectivity index (χ2v) is 3.91.